The molecule has 0 aliphatic carbocycles. The molecule has 0 aromatic heterocycles. The van der Waals surface area contributed by atoms with Gasteiger partial charge in [-0.05, 0) is 31.0 Å². The number of nitrogens with zero attached hydrogens (tertiary/aromatic N) is 1. The zero-order valence-electron chi connectivity index (χ0n) is 11.9. The summed E-state index contributed by atoms with van der Waals surface area (Å²) >= 11 is 0. The van der Waals surface area contributed by atoms with Gasteiger partial charge < -0.3 is 9.84 Å². The fourth-order valence-corrected chi connectivity index (χ4v) is 1.83. The Labute approximate surface area is 121 Å². The van der Waals surface area contributed by atoms with E-state index in [4.69, 9.17) is 5.11 Å². The Morgan fingerprint density at radius 2 is 1.90 bits per heavy atom. The van der Waals surface area contributed by atoms with Crippen LogP contribution in [-0.4, -0.2) is 34.9 Å². The van der Waals surface area contributed by atoms with Crippen LogP contribution >= 0.6 is 0 Å². The van der Waals surface area contributed by atoms with Gasteiger partial charge in [0.2, 0.25) is 0 Å². The van der Waals surface area contributed by atoms with Crippen LogP contribution in [-0.2, 0) is 11.3 Å². The van der Waals surface area contributed by atoms with Gasteiger partial charge in [-0.3, -0.25) is 9.69 Å². The van der Waals surface area contributed by atoms with Gasteiger partial charge in [0.25, 0.3) is 0 Å². The molecule has 0 radical (unpaired) electrons. The van der Waals surface area contributed by atoms with Crippen LogP contribution < -0.4 is 4.74 Å². The summed E-state index contributed by atoms with van der Waals surface area (Å²) in [6, 6.07) is 5.50. The van der Waals surface area contributed by atoms with Crippen molar-refractivity contribution >= 4 is 5.97 Å². The summed E-state index contributed by atoms with van der Waals surface area (Å²) < 4.78 is 39.9. The number of benzene rings is 1. The second-order valence-corrected chi connectivity index (χ2v) is 4.75. The Morgan fingerprint density at radius 3 is 2.33 bits per heavy atom. The first-order valence-electron chi connectivity index (χ1n) is 6.51. The quantitative estimate of drug-likeness (QED) is 0.840. The maximum atomic E-state index is 12.1. The van der Waals surface area contributed by atoms with Crippen LogP contribution in [0.15, 0.2) is 24.3 Å². The molecule has 0 amide bonds. The van der Waals surface area contributed by atoms with E-state index < -0.39 is 12.3 Å². The van der Waals surface area contributed by atoms with Crippen molar-refractivity contribution in [3.8, 4) is 5.75 Å². The molecule has 0 saturated heterocycles. The predicted molar refractivity (Wildman–Crippen MR) is 70.9 cm³/mol. The Bertz CT molecular complexity index is 460. The van der Waals surface area contributed by atoms with Gasteiger partial charge in [-0.25, -0.2) is 0 Å². The van der Waals surface area contributed by atoms with E-state index >= 15 is 0 Å². The minimum absolute atomic E-state index is 0.0622. The van der Waals surface area contributed by atoms with Crippen molar-refractivity contribution in [3.05, 3.63) is 29.8 Å². The highest BCUT2D eigenvalue weighted by Gasteiger charge is 2.31. The molecular weight excluding hydrogens is 287 g/mol. The fraction of sp³-hybridized carbons (Fsp3) is 0.500. The fourth-order valence-electron chi connectivity index (χ4n) is 1.83. The SMILES string of the molecule is CCC(C)N(CC(=O)O)Cc1ccc(OC(F)(F)F)cc1. The summed E-state index contributed by atoms with van der Waals surface area (Å²) in [6.45, 7) is 4.09. The minimum Gasteiger partial charge on any atom is -0.480 e. The largest absolute Gasteiger partial charge is 0.573 e. The summed E-state index contributed by atoms with van der Waals surface area (Å²) in [7, 11) is 0. The topological polar surface area (TPSA) is 49.8 Å². The summed E-state index contributed by atoms with van der Waals surface area (Å²) in [5.74, 6) is -1.23. The van der Waals surface area contributed by atoms with Crippen molar-refractivity contribution in [2.75, 3.05) is 6.54 Å². The molecule has 1 aromatic carbocycles. The van der Waals surface area contributed by atoms with Crippen molar-refractivity contribution < 1.29 is 27.8 Å². The molecule has 21 heavy (non-hydrogen) atoms. The Kier molecular flexibility index (Phi) is 6.02. The summed E-state index contributed by atoms with van der Waals surface area (Å²) in [5, 5.41) is 8.89. The van der Waals surface area contributed by atoms with Gasteiger partial charge in [-0.2, -0.15) is 0 Å². The average molecular weight is 305 g/mol. The number of carboxylic acids is 1. The van der Waals surface area contributed by atoms with Crippen molar-refractivity contribution in [3.63, 3.8) is 0 Å². The monoisotopic (exact) mass is 305 g/mol. The smallest absolute Gasteiger partial charge is 0.480 e. The molecule has 0 bridgehead atoms. The highest BCUT2D eigenvalue weighted by atomic mass is 19.4. The number of carbonyl (C=O) groups is 1. The van der Waals surface area contributed by atoms with Gasteiger partial charge in [-0.1, -0.05) is 19.1 Å². The third kappa shape index (κ3) is 6.48. The number of carboxylic acid groups (broad SMARTS) is 1. The molecule has 1 rings (SSSR count). The molecule has 118 valence electrons. The van der Waals surface area contributed by atoms with E-state index in [-0.39, 0.29) is 18.3 Å². The lowest BCUT2D eigenvalue weighted by molar-refractivity contribution is -0.274. The van der Waals surface area contributed by atoms with Gasteiger partial charge in [0.15, 0.2) is 0 Å². The number of hydrogen-bond donors (Lipinski definition) is 1. The van der Waals surface area contributed by atoms with Gasteiger partial charge in [0.1, 0.15) is 5.75 Å². The van der Waals surface area contributed by atoms with E-state index in [9.17, 15) is 18.0 Å². The zero-order valence-corrected chi connectivity index (χ0v) is 11.9. The summed E-state index contributed by atoms with van der Waals surface area (Å²) in [6.07, 6.45) is -3.93. The third-order valence-corrected chi connectivity index (χ3v) is 3.10. The minimum atomic E-state index is -4.71. The third-order valence-electron chi connectivity index (χ3n) is 3.10. The van der Waals surface area contributed by atoms with E-state index in [1.807, 2.05) is 13.8 Å². The molecule has 1 aromatic rings. The van der Waals surface area contributed by atoms with Crippen LogP contribution in [0, 0.1) is 0 Å². The lowest BCUT2D eigenvalue weighted by Gasteiger charge is -2.26. The molecule has 0 heterocycles. The van der Waals surface area contributed by atoms with Crippen molar-refractivity contribution in [1.82, 2.24) is 4.90 Å². The molecule has 0 saturated carbocycles. The molecule has 1 N–H and O–H groups in total. The number of alkyl halides is 3. The molecular formula is C14H18F3NO3. The molecule has 4 nitrogen and oxygen atoms in total. The first-order valence-corrected chi connectivity index (χ1v) is 6.51. The van der Waals surface area contributed by atoms with Gasteiger partial charge in [0.05, 0.1) is 6.54 Å². The van der Waals surface area contributed by atoms with E-state index in [2.05, 4.69) is 4.74 Å². The Morgan fingerprint density at radius 1 is 1.33 bits per heavy atom. The van der Waals surface area contributed by atoms with E-state index in [0.29, 0.717) is 6.54 Å². The molecule has 0 aliphatic rings. The van der Waals surface area contributed by atoms with Crippen LogP contribution in [0.25, 0.3) is 0 Å². The highest BCUT2D eigenvalue weighted by Crippen LogP contribution is 2.23. The number of halogens is 3. The lowest BCUT2D eigenvalue weighted by atomic mass is 10.1. The molecule has 0 aliphatic heterocycles. The molecule has 0 fully saturated rings. The number of rotatable bonds is 7. The second kappa shape index (κ2) is 7.31. The second-order valence-electron chi connectivity index (χ2n) is 4.75. The zero-order chi connectivity index (χ0) is 16.0. The molecule has 1 atom stereocenters. The summed E-state index contributed by atoms with van der Waals surface area (Å²) in [5.41, 5.74) is 0.728. The number of hydrogen-bond acceptors (Lipinski definition) is 3. The van der Waals surface area contributed by atoms with Crippen LogP contribution in [0.5, 0.6) is 5.75 Å². The van der Waals surface area contributed by atoms with Crippen molar-refractivity contribution in [1.29, 1.82) is 0 Å². The van der Waals surface area contributed by atoms with Gasteiger partial charge in [0, 0.05) is 12.6 Å². The van der Waals surface area contributed by atoms with Gasteiger partial charge in [-0.15, -0.1) is 13.2 Å². The number of aliphatic carboxylic acids is 1. The molecule has 1 unspecified atom stereocenters. The standard InChI is InChI=1S/C14H18F3NO3/c1-3-10(2)18(9-13(19)20)8-11-4-6-12(7-5-11)21-14(15,16)17/h4-7,10H,3,8-9H2,1-2H3,(H,19,20). The first-order chi connectivity index (χ1) is 9.71. The van der Waals surface area contributed by atoms with Crippen LogP contribution in [0.4, 0.5) is 13.2 Å². The lowest BCUT2D eigenvalue weighted by Crippen LogP contribution is -2.36. The van der Waals surface area contributed by atoms with Crippen LogP contribution in [0.2, 0.25) is 0 Å². The Balaban J connectivity index is 2.73. The normalized spacial score (nSPS) is 13.2. The average Bonchev–Trinajstić information content (AvgIpc) is 2.37. The van der Waals surface area contributed by atoms with Crippen LogP contribution in [0.3, 0.4) is 0 Å². The van der Waals surface area contributed by atoms with Crippen molar-refractivity contribution in [2.24, 2.45) is 0 Å². The summed E-state index contributed by atoms with van der Waals surface area (Å²) in [4.78, 5) is 12.6. The maximum Gasteiger partial charge on any atom is 0.573 e. The predicted octanol–water partition coefficient (Wildman–Crippen LogP) is 3.27. The highest BCUT2D eigenvalue weighted by molar-refractivity contribution is 5.69. The van der Waals surface area contributed by atoms with Crippen molar-refractivity contribution in [2.45, 2.75) is 39.2 Å². The maximum absolute atomic E-state index is 12.1. The molecule has 7 heteroatoms. The van der Waals surface area contributed by atoms with E-state index in [1.165, 1.54) is 24.3 Å². The number of ether oxygens (including phenoxy) is 1. The van der Waals surface area contributed by atoms with Gasteiger partial charge >= 0.3 is 12.3 Å². The molecule has 0 spiro atoms. The van der Waals surface area contributed by atoms with E-state index in [1.54, 1.807) is 4.90 Å². The Hall–Kier alpha value is -1.76. The van der Waals surface area contributed by atoms with E-state index in [0.717, 1.165) is 12.0 Å². The first kappa shape index (κ1) is 17.3. The van der Waals surface area contributed by atoms with Crippen LogP contribution in [0.1, 0.15) is 25.8 Å².